The van der Waals surface area contributed by atoms with Crippen LogP contribution in [-0.4, -0.2) is 43.8 Å². The second-order valence-corrected chi connectivity index (χ2v) is 6.41. The van der Waals surface area contributed by atoms with Crippen molar-refractivity contribution in [3.8, 4) is 17.1 Å². The van der Waals surface area contributed by atoms with Crippen LogP contribution in [0.2, 0.25) is 0 Å². The zero-order valence-corrected chi connectivity index (χ0v) is 14.2. The number of nitrogens with one attached hydrogen (secondary N) is 2. The van der Waals surface area contributed by atoms with Crippen molar-refractivity contribution < 1.29 is 18.3 Å². The Labute approximate surface area is 152 Å². The molecule has 0 bridgehead atoms. The lowest BCUT2D eigenvalue weighted by atomic mass is 10.1. The van der Waals surface area contributed by atoms with E-state index in [0.717, 1.165) is 32.0 Å². The number of hydrogen-bond acceptors (Lipinski definition) is 6. The number of aromatic nitrogens is 4. The number of benzene rings is 1. The summed E-state index contributed by atoms with van der Waals surface area (Å²) in [6, 6.07) is 2.96. The average Bonchev–Trinajstić information content (AvgIpc) is 3.13. The Bertz CT molecular complexity index is 965. The van der Waals surface area contributed by atoms with Gasteiger partial charge in [0, 0.05) is 25.0 Å². The summed E-state index contributed by atoms with van der Waals surface area (Å²) in [4.78, 5) is 4.27. The highest BCUT2D eigenvalue weighted by Gasteiger charge is 2.31. The van der Waals surface area contributed by atoms with Gasteiger partial charge in [0.1, 0.15) is 5.75 Å². The monoisotopic (exact) mass is 378 g/mol. The van der Waals surface area contributed by atoms with E-state index in [4.69, 9.17) is 0 Å². The first kappa shape index (κ1) is 17.5. The normalized spacial score (nSPS) is 18.0. The second kappa shape index (κ2) is 6.69. The van der Waals surface area contributed by atoms with Gasteiger partial charge in [0.05, 0.1) is 11.1 Å². The average molecular weight is 378 g/mol. The number of fused-ring (bicyclic) bond motifs is 1. The van der Waals surface area contributed by atoms with Gasteiger partial charge in [-0.15, -0.1) is 10.2 Å². The molecular formula is C17H17F3N6O. The first-order chi connectivity index (χ1) is 12.9. The summed E-state index contributed by atoms with van der Waals surface area (Å²) in [7, 11) is 0. The van der Waals surface area contributed by atoms with Crippen molar-refractivity contribution in [2.75, 3.05) is 18.4 Å². The molecule has 0 radical (unpaired) electrons. The molecule has 27 heavy (non-hydrogen) atoms. The molecule has 2 aromatic heterocycles. The summed E-state index contributed by atoms with van der Waals surface area (Å²) >= 11 is 0. The molecule has 1 fully saturated rings. The molecule has 1 aliphatic heterocycles. The Hall–Kier alpha value is -2.88. The second-order valence-electron chi connectivity index (χ2n) is 6.41. The maximum atomic E-state index is 12.8. The number of phenols is 1. The van der Waals surface area contributed by atoms with E-state index in [2.05, 4.69) is 25.8 Å². The Balaban J connectivity index is 1.71. The van der Waals surface area contributed by atoms with E-state index in [-0.39, 0.29) is 17.4 Å². The van der Waals surface area contributed by atoms with Gasteiger partial charge >= 0.3 is 6.18 Å². The van der Waals surface area contributed by atoms with E-state index >= 15 is 0 Å². The first-order valence-electron chi connectivity index (χ1n) is 8.51. The summed E-state index contributed by atoms with van der Waals surface area (Å²) in [6.07, 6.45) is 0.679. The minimum atomic E-state index is -4.53. The minimum absolute atomic E-state index is 0.143. The zero-order valence-electron chi connectivity index (χ0n) is 14.2. The van der Waals surface area contributed by atoms with Gasteiger partial charge in [-0.05, 0) is 37.6 Å². The molecule has 0 saturated carbocycles. The van der Waals surface area contributed by atoms with Gasteiger partial charge in [-0.25, -0.2) is 4.98 Å². The number of phenolic OH excluding ortho intramolecular Hbond substituents is 1. The molecule has 3 aromatic rings. The van der Waals surface area contributed by atoms with E-state index in [1.54, 1.807) is 16.8 Å². The maximum absolute atomic E-state index is 12.8. The summed E-state index contributed by atoms with van der Waals surface area (Å²) in [5, 5.41) is 25.0. The predicted octanol–water partition coefficient (Wildman–Crippen LogP) is 2.68. The van der Waals surface area contributed by atoms with Gasteiger partial charge in [-0.3, -0.25) is 4.40 Å². The van der Waals surface area contributed by atoms with Gasteiger partial charge in [0.2, 0.25) is 0 Å². The van der Waals surface area contributed by atoms with E-state index in [0.29, 0.717) is 17.5 Å². The van der Waals surface area contributed by atoms with Crippen molar-refractivity contribution in [3.63, 3.8) is 0 Å². The van der Waals surface area contributed by atoms with Crippen molar-refractivity contribution in [3.05, 3.63) is 36.2 Å². The molecule has 1 saturated heterocycles. The van der Waals surface area contributed by atoms with Gasteiger partial charge in [-0.1, -0.05) is 0 Å². The van der Waals surface area contributed by atoms with Crippen LogP contribution in [0.1, 0.15) is 18.4 Å². The quantitative estimate of drug-likeness (QED) is 0.650. The molecule has 3 heterocycles. The molecular weight excluding hydrogens is 361 g/mol. The van der Waals surface area contributed by atoms with Gasteiger partial charge in [0.15, 0.2) is 17.3 Å². The van der Waals surface area contributed by atoms with Crippen molar-refractivity contribution in [1.29, 1.82) is 0 Å². The number of rotatable bonds is 3. The lowest BCUT2D eigenvalue weighted by Crippen LogP contribution is -2.38. The van der Waals surface area contributed by atoms with Gasteiger partial charge < -0.3 is 15.7 Å². The van der Waals surface area contributed by atoms with E-state index < -0.39 is 17.5 Å². The summed E-state index contributed by atoms with van der Waals surface area (Å²) < 4.78 is 40.0. The first-order valence-corrected chi connectivity index (χ1v) is 8.51. The number of hydrogen-bond donors (Lipinski definition) is 3. The lowest BCUT2D eigenvalue weighted by molar-refractivity contribution is -0.137. The van der Waals surface area contributed by atoms with Crippen LogP contribution in [0.5, 0.6) is 5.75 Å². The number of halogens is 3. The van der Waals surface area contributed by atoms with E-state index in [9.17, 15) is 18.3 Å². The molecule has 0 amide bonds. The molecule has 7 nitrogen and oxygen atoms in total. The highest BCUT2D eigenvalue weighted by Crippen LogP contribution is 2.36. The third kappa shape index (κ3) is 3.39. The summed E-state index contributed by atoms with van der Waals surface area (Å²) in [5.74, 6) is 0.177. The molecule has 4 rings (SSSR count). The van der Waals surface area contributed by atoms with Crippen LogP contribution in [0.3, 0.4) is 0 Å². The standard InChI is InChI=1S/C17H17F3N6O/c18-17(19,20)10-3-4-12(13(27)8-10)15-25-24-14(16-22-6-7-26(15)16)23-11-2-1-5-21-9-11/h3-4,6-8,11,21,27H,1-2,5,9H2,(H,23,24)/t11-/m1/s1. The summed E-state index contributed by atoms with van der Waals surface area (Å²) in [5.41, 5.74) is -0.295. The highest BCUT2D eigenvalue weighted by atomic mass is 19.4. The smallest absolute Gasteiger partial charge is 0.416 e. The van der Waals surface area contributed by atoms with Crippen molar-refractivity contribution in [2.24, 2.45) is 0 Å². The number of nitrogens with zero attached hydrogens (tertiary/aromatic N) is 4. The molecule has 142 valence electrons. The maximum Gasteiger partial charge on any atom is 0.416 e. The van der Waals surface area contributed by atoms with Crippen molar-refractivity contribution in [1.82, 2.24) is 24.9 Å². The lowest BCUT2D eigenvalue weighted by Gasteiger charge is -2.24. The van der Waals surface area contributed by atoms with Gasteiger partial charge in [-0.2, -0.15) is 13.2 Å². The van der Waals surface area contributed by atoms with Crippen LogP contribution in [0.25, 0.3) is 17.0 Å². The van der Waals surface area contributed by atoms with Crippen LogP contribution in [0.4, 0.5) is 19.0 Å². The van der Waals surface area contributed by atoms with E-state index in [1.165, 1.54) is 6.07 Å². The number of alkyl halides is 3. The van der Waals surface area contributed by atoms with Crippen LogP contribution < -0.4 is 10.6 Å². The third-order valence-electron chi connectivity index (χ3n) is 4.53. The number of aromatic hydroxyl groups is 1. The van der Waals surface area contributed by atoms with Crippen LogP contribution in [0.15, 0.2) is 30.6 Å². The van der Waals surface area contributed by atoms with Gasteiger partial charge in [0.25, 0.3) is 0 Å². The SMILES string of the molecule is Oc1cc(C(F)(F)F)ccc1-c1nnc(N[C@@H]2CCCNC2)c2nccn12. The Kier molecular flexibility index (Phi) is 4.34. The Morgan fingerprint density at radius 3 is 2.81 bits per heavy atom. The fraction of sp³-hybridized carbons (Fsp3) is 0.353. The topological polar surface area (TPSA) is 87.4 Å². The molecule has 1 aliphatic rings. The van der Waals surface area contributed by atoms with Crippen LogP contribution in [-0.2, 0) is 6.18 Å². The van der Waals surface area contributed by atoms with Crippen LogP contribution >= 0.6 is 0 Å². The predicted molar refractivity (Wildman–Crippen MR) is 92.4 cm³/mol. The molecule has 1 aromatic carbocycles. The van der Waals surface area contributed by atoms with Crippen molar-refractivity contribution >= 4 is 11.5 Å². The third-order valence-corrected chi connectivity index (χ3v) is 4.53. The van der Waals surface area contributed by atoms with Crippen LogP contribution in [0, 0.1) is 0 Å². The number of piperidine rings is 1. The largest absolute Gasteiger partial charge is 0.507 e. The highest BCUT2D eigenvalue weighted by molar-refractivity contribution is 5.71. The molecule has 1 atom stereocenters. The molecule has 3 N–H and O–H groups in total. The number of imidazole rings is 1. The zero-order chi connectivity index (χ0) is 19.0. The van der Waals surface area contributed by atoms with E-state index in [1.807, 2.05) is 0 Å². The fourth-order valence-corrected chi connectivity index (χ4v) is 3.18. The molecule has 0 spiro atoms. The molecule has 0 aliphatic carbocycles. The minimum Gasteiger partial charge on any atom is -0.507 e. The molecule has 0 unspecified atom stereocenters. The summed E-state index contributed by atoms with van der Waals surface area (Å²) in [6.45, 7) is 1.78. The number of anilines is 1. The fourth-order valence-electron chi connectivity index (χ4n) is 3.18. The Morgan fingerprint density at radius 2 is 2.11 bits per heavy atom. The Morgan fingerprint density at radius 1 is 1.26 bits per heavy atom. The molecule has 10 heteroatoms. The van der Waals surface area contributed by atoms with Crippen molar-refractivity contribution in [2.45, 2.75) is 25.1 Å².